The number of hydrogen-bond donors (Lipinski definition) is 1. The Morgan fingerprint density at radius 2 is 2.05 bits per heavy atom. The van der Waals surface area contributed by atoms with E-state index in [1.807, 2.05) is 36.4 Å². The van der Waals surface area contributed by atoms with E-state index in [1.165, 1.54) is 0 Å². The lowest BCUT2D eigenvalue weighted by molar-refractivity contribution is 0.423. The van der Waals surface area contributed by atoms with Crippen LogP contribution in [0.1, 0.15) is 11.5 Å². The number of aromatic nitrogens is 3. The first-order valence-corrected chi connectivity index (χ1v) is 5.90. The molecule has 0 unspecified atom stereocenters. The van der Waals surface area contributed by atoms with Crippen LogP contribution in [0.15, 0.2) is 53.2 Å². The average Bonchev–Trinajstić information content (AvgIpc) is 2.88. The molecule has 3 aromatic rings. The van der Waals surface area contributed by atoms with E-state index < -0.39 is 0 Å². The molecule has 0 bridgehead atoms. The third-order valence-corrected chi connectivity index (χ3v) is 2.67. The summed E-state index contributed by atoms with van der Waals surface area (Å²) in [5.41, 5.74) is 8.12. The lowest BCUT2D eigenvalue weighted by Gasteiger charge is -1.95. The molecule has 5 heteroatoms. The van der Waals surface area contributed by atoms with Crippen LogP contribution in [0.25, 0.3) is 11.5 Å². The molecule has 94 valence electrons. The first kappa shape index (κ1) is 11.4. The molecular formula is C14H12N4O. The summed E-state index contributed by atoms with van der Waals surface area (Å²) in [6.07, 6.45) is 2.29. The van der Waals surface area contributed by atoms with E-state index in [-0.39, 0.29) is 0 Å². The molecule has 2 aromatic heterocycles. The Hall–Kier alpha value is -2.69. The number of anilines is 1. The number of pyridine rings is 1. The Labute approximate surface area is 110 Å². The van der Waals surface area contributed by atoms with Gasteiger partial charge in [0.05, 0.1) is 6.42 Å². The van der Waals surface area contributed by atoms with Crippen molar-refractivity contribution in [1.82, 2.24) is 15.1 Å². The first-order valence-electron chi connectivity index (χ1n) is 5.90. The van der Waals surface area contributed by atoms with E-state index in [2.05, 4.69) is 15.1 Å². The van der Waals surface area contributed by atoms with Crippen molar-refractivity contribution in [1.29, 1.82) is 0 Å². The van der Waals surface area contributed by atoms with Crippen molar-refractivity contribution in [2.24, 2.45) is 0 Å². The number of nitrogen functional groups attached to an aromatic ring is 1. The van der Waals surface area contributed by atoms with Crippen molar-refractivity contribution in [2.45, 2.75) is 6.42 Å². The van der Waals surface area contributed by atoms with Gasteiger partial charge in [-0.1, -0.05) is 17.3 Å². The summed E-state index contributed by atoms with van der Waals surface area (Å²) in [6.45, 7) is 0. The molecule has 0 atom stereocenters. The van der Waals surface area contributed by atoms with Crippen LogP contribution >= 0.6 is 0 Å². The van der Waals surface area contributed by atoms with Gasteiger partial charge in [0, 0.05) is 23.1 Å². The van der Waals surface area contributed by atoms with Crippen LogP contribution in [0.5, 0.6) is 0 Å². The molecule has 0 aliphatic rings. The van der Waals surface area contributed by atoms with Crippen LogP contribution in [-0.2, 0) is 6.42 Å². The maximum absolute atomic E-state index is 5.73. The Morgan fingerprint density at radius 3 is 2.84 bits per heavy atom. The van der Waals surface area contributed by atoms with E-state index in [1.54, 1.807) is 12.3 Å². The smallest absolute Gasteiger partial charge is 0.258 e. The quantitative estimate of drug-likeness (QED) is 0.724. The normalized spacial score (nSPS) is 10.5. The summed E-state index contributed by atoms with van der Waals surface area (Å²) in [4.78, 5) is 8.57. The van der Waals surface area contributed by atoms with E-state index in [9.17, 15) is 0 Å². The fourth-order valence-corrected chi connectivity index (χ4v) is 1.78. The summed E-state index contributed by atoms with van der Waals surface area (Å²) in [7, 11) is 0. The van der Waals surface area contributed by atoms with Crippen LogP contribution in [0.2, 0.25) is 0 Å². The van der Waals surface area contributed by atoms with Gasteiger partial charge in [0.25, 0.3) is 5.89 Å². The number of rotatable bonds is 3. The zero-order valence-corrected chi connectivity index (χ0v) is 10.2. The highest BCUT2D eigenvalue weighted by Crippen LogP contribution is 2.19. The molecule has 19 heavy (non-hydrogen) atoms. The molecule has 0 radical (unpaired) electrons. The molecule has 0 spiro atoms. The molecule has 2 heterocycles. The van der Waals surface area contributed by atoms with Gasteiger partial charge in [0.15, 0.2) is 5.82 Å². The van der Waals surface area contributed by atoms with E-state index in [4.69, 9.17) is 10.3 Å². The summed E-state index contributed by atoms with van der Waals surface area (Å²) in [5, 5.41) is 3.95. The molecule has 0 saturated heterocycles. The maximum atomic E-state index is 5.73. The van der Waals surface area contributed by atoms with E-state index in [0.29, 0.717) is 23.8 Å². The van der Waals surface area contributed by atoms with Crippen molar-refractivity contribution < 1.29 is 4.52 Å². The maximum Gasteiger partial charge on any atom is 0.258 e. The summed E-state index contributed by atoms with van der Waals surface area (Å²) >= 11 is 0. The van der Waals surface area contributed by atoms with Crippen LogP contribution < -0.4 is 5.73 Å². The highest BCUT2D eigenvalue weighted by atomic mass is 16.5. The largest absolute Gasteiger partial charge is 0.399 e. The topological polar surface area (TPSA) is 77.8 Å². The van der Waals surface area contributed by atoms with Crippen molar-refractivity contribution >= 4 is 5.69 Å². The third-order valence-electron chi connectivity index (χ3n) is 2.67. The standard InChI is InChI=1S/C14H12N4O/c15-11-5-3-4-10(8-11)14-17-13(18-19-14)9-12-6-1-2-7-16-12/h1-8H,9,15H2. The van der Waals surface area contributed by atoms with Gasteiger partial charge in [0.1, 0.15) is 0 Å². The van der Waals surface area contributed by atoms with Gasteiger partial charge in [0.2, 0.25) is 0 Å². The van der Waals surface area contributed by atoms with Crippen molar-refractivity contribution in [2.75, 3.05) is 5.73 Å². The molecular weight excluding hydrogens is 240 g/mol. The minimum absolute atomic E-state index is 0.471. The summed E-state index contributed by atoms with van der Waals surface area (Å²) in [5.74, 6) is 1.08. The first-order chi connectivity index (χ1) is 9.31. The molecule has 2 N–H and O–H groups in total. The Kier molecular flexibility index (Phi) is 2.94. The molecule has 5 nitrogen and oxygen atoms in total. The predicted octanol–water partition coefficient (Wildman–Crippen LogP) is 2.30. The minimum Gasteiger partial charge on any atom is -0.399 e. The molecule has 0 amide bonds. The number of nitrogens with zero attached hydrogens (tertiary/aromatic N) is 3. The Bertz CT molecular complexity index is 679. The zero-order chi connectivity index (χ0) is 13.1. The van der Waals surface area contributed by atoms with Gasteiger partial charge in [-0.2, -0.15) is 4.98 Å². The van der Waals surface area contributed by atoms with Crippen molar-refractivity contribution in [3.05, 3.63) is 60.2 Å². The minimum atomic E-state index is 0.471. The second-order valence-electron chi connectivity index (χ2n) is 4.14. The monoisotopic (exact) mass is 252 g/mol. The van der Waals surface area contributed by atoms with Gasteiger partial charge in [-0.15, -0.1) is 0 Å². The van der Waals surface area contributed by atoms with Crippen molar-refractivity contribution in [3.63, 3.8) is 0 Å². The van der Waals surface area contributed by atoms with E-state index in [0.717, 1.165) is 11.3 Å². The number of benzene rings is 1. The molecule has 0 fully saturated rings. The molecule has 1 aromatic carbocycles. The van der Waals surface area contributed by atoms with Gasteiger partial charge < -0.3 is 10.3 Å². The Morgan fingerprint density at radius 1 is 1.11 bits per heavy atom. The highest BCUT2D eigenvalue weighted by Gasteiger charge is 2.09. The average molecular weight is 252 g/mol. The second kappa shape index (κ2) is 4.89. The lowest BCUT2D eigenvalue weighted by atomic mass is 10.2. The van der Waals surface area contributed by atoms with Crippen LogP contribution in [0.4, 0.5) is 5.69 Å². The van der Waals surface area contributed by atoms with Gasteiger partial charge >= 0.3 is 0 Å². The fourth-order valence-electron chi connectivity index (χ4n) is 1.78. The fraction of sp³-hybridized carbons (Fsp3) is 0.0714. The van der Waals surface area contributed by atoms with Crippen molar-refractivity contribution in [3.8, 4) is 11.5 Å². The summed E-state index contributed by atoms with van der Waals surface area (Å²) < 4.78 is 5.23. The number of hydrogen-bond acceptors (Lipinski definition) is 5. The molecule has 0 saturated carbocycles. The molecule has 0 aliphatic carbocycles. The SMILES string of the molecule is Nc1cccc(-c2nc(Cc3ccccn3)no2)c1. The molecule has 0 aliphatic heterocycles. The van der Waals surface area contributed by atoms with Crippen LogP contribution in [-0.4, -0.2) is 15.1 Å². The number of nitrogens with two attached hydrogens (primary N) is 1. The summed E-state index contributed by atoms with van der Waals surface area (Å²) in [6, 6.07) is 13.1. The third kappa shape index (κ3) is 2.60. The van der Waals surface area contributed by atoms with Gasteiger partial charge in [-0.05, 0) is 30.3 Å². The van der Waals surface area contributed by atoms with Crippen LogP contribution in [0.3, 0.4) is 0 Å². The molecule has 3 rings (SSSR count). The van der Waals surface area contributed by atoms with Gasteiger partial charge in [-0.3, -0.25) is 4.98 Å². The lowest BCUT2D eigenvalue weighted by Crippen LogP contribution is -1.93. The predicted molar refractivity (Wildman–Crippen MR) is 71.2 cm³/mol. The van der Waals surface area contributed by atoms with E-state index >= 15 is 0 Å². The second-order valence-corrected chi connectivity index (χ2v) is 4.14. The zero-order valence-electron chi connectivity index (χ0n) is 10.2. The highest BCUT2D eigenvalue weighted by molar-refractivity contribution is 5.59. The van der Waals surface area contributed by atoms with Crippen LogP contribution in [0, 0.1) is 0 Å². The Balaban J connectivity index is 1.84. The van der Waals surface area contributed by atoms with Gasteiger partial charge in [-0.25, -0.2) is 0 Å².